The Balaban J connectivity index is 2.89. The van der Waals surface area contributed by atoms with E-state index in [9.17, 15) is 9.18 Å². The van der Waals surface area contributed by atoms with Crippen LogP contribution in [0.4, 0.5) is 15.8 Å². The van der Waals surface area contributed by atoms with Crippen LogP contribution in [-0.4, -0.2) is 23.8 Å². The van der Waals surface area contributed by atoms with Gasteiger partial charge >= 0.3 is 0 Å². The van der Waals surface area contributed by atoms with Crippen molar-refractivity contribution in [3.05, 3.63) is 24.0 Å². The number of rotatable bonds is 4. The summed E-state index contributed by atoms with van der Waals surface area (Å²) < 4.78 is 13.9. The van der Waals surface area contributed by atoms with Crippen molar-refractivity contribution in [1.82, 2.24) is 0 Å². The smallest absolute Gasteiger partial charge is 0.237 e. The van der Waals surface area contributed by atoms with Gasteiger partial charge in [0.2, 0.25) is 5.91 Å². The van der Waals surface area contributed by atoms with Gasteiger partial charge in [0.1, 0.15) is 5.82 Å². The molecule has 1 rings (SSSR count). The van der Waals surface area contributed by atoms with Crippen LogP contribution in [0.5, 0.6) is 0 Å². The van der Waals surface area contributed by atoms with Crippen molar-refractivity contribution in [2.45, 2.75) is 31.6 Å². The van der Waals surface area contributed by atoms with Crippen molar-refractivity contribution in [2.24, 2.45) is 0 Å². The van der Waals surface area contributed by atoms with Crippen LogP contribution in [0.1, 0.15) is 20.8 Å². The maximum atomic E-state index is 13.9. The summed E-state index contributed by atoms with van der Waals surface area (Å²) in [5.41, 5.74) is 0.986. The fraction of sp³-hybridized carbons (Fsp3) is 0.462. The number of halogens is 2. The predicted molar refractivity (Wildman–Crippen MR) is 77.0 cm³/mol. The molecule has 1 N–H and O–H groups in total. The van der Waals surface area contributed by atoms with Crippen molar-refractivity contribution in [1.29, 1.82) is 0 Å². The fourth-order valence-electron chi connectivity index (χ4n) is 1.39. The Hall–Kier alpha value is -1.10. The summed E-state index contributed by atoms with van der Waals surface area (Å²) in [6, 6.07) is 4.91. The van der Waals surface area contributed by atoms with Gasteiger partial charge in [-0.25, -0.2) is 4.39 Å². The summed E-state index contributed by atoms with van der Waals surface area (Å²) in [5.74, 6) is -0.536. The molecule has 0 aliphatic rings. The Bertz CT molecular complexity index is 435. The Morgan fingerprint density at radius 2 is 2.00 bits per heavy atom. The van der Waals surface area contributed by atoms with Gasteiger partial charge in [-0.2, -0.15) is 0 Å². The second kappa shape index (κ2) is 6.18. The first-order valence-corrected chi connectivity index (χ1v) is 6.71. The van der Waals surface area contributed by atoms with Crippen molar-refractivity contribution >= 4 is 33.2 Å². The molecule has 1 aromatic carbocycles. The molecule has 3 nitrogen and oxygen atoms in total. The lowest BCUT2D eigenvalue weighted by Gasteiger charge is -2.24. The molecule has 0 radical (unpaired) electrons. The highest BCUT2D eigenvalue weighted by Crippen LogP contribution is 2.23. The molecular weight excluding hydrogens is 299 g/mol. The highest BCUT2D eigenvalue weighted by atomic mass is 79.9. The van der Waals surface area contributed by atoms with Crippen LogP contribution < -0.4 is 10.2 Å². The van der Waals surface area contributed by atoms with Gasteiger partial charge in [0.25, 0.3) is 0 Å². The first-order chi connectivity index (χ1) is 8.32. The fourth-order valence-corrected chi connectivity index (χ4v) is 1.51. The van der Waals surface area contributed by atoms with E-state index in [1.165, 1.54) is 6.07 Å². The number of carbonyl (C=O) groups excluding carboxylic acids is 1. The van der Waals surface area contributed by atoms with Crippen molar-refractivity contribution < 1.29 is 9.18 Å². The Morgan fingerprint density at radius 1 is 1.39 bits per heavy atom. The van der Waals surface area contributed by atoms with E-state index in [0.717, 1.165) is 0 Å². The molecular formula is C13H18BrFN2O. The predicted octanol–water partition coefficient (Wildman–Crippen LogP) is 3.39. The van der Waals surface area contributed by atoms with Crippen LogP contribution in [0.3, 0.4) is 0 Å². The monoisotopic (exact) mass is 316 g/mol. The summed E-state index contributed by atoms with van der Waals surface area (Å²) >= 11 is 3.16. The third-order valence-corrected chi connectivity index (χ3v) is 3.15. The van der Waals surface area contributed by atoms with Crippen LogP contribution in [0.25, 0.3) is 0 Å². The second-order valence-corrected chi connectivity index (χ2v) is 5.85. The van der Waals surface area contributed by atoms with E-state index in [0.29, 0.717) is 11.4 Å². The number of nitrogens with one attached hydrogen (secondary N) is 1. The highest BCUT2D eigenvalue weighted by Gasteiger charge is 2.13. The zero-order chi connectivity index (χ0) is 13.9. The van der Waals surface area contributed by atoms with Crippen molar-refractivity contribution in [3.63, 3.8) is 0 Å². The molecule has 1 unspecified atom stereocenters. The molecule has 0 aliphatic heterocycles. The normalized spacial score (nSPS) is 12.4. The third kappa shape index (κ3) is 3.70. The van der Waals surface area contributed by atoms with E-state index >= 15 is 0 Å². The molecule has 5 heteroatoms. The van der Waals surface area contributed by atoms with Crippen LogP contribution >= 0.6 is 15.9 Å². The molecule has 18 heavy (non-hydrogen) atoms. The zero-order valence-electron chi connectivity index (χ0n) is 11.0. The number of hydrogen-bond donors (Lipinski definition) is 1. The summed E-state index contributed by atoms with van der Waals surface area (Å²) in [6.45, 7) is 5.69. The Morgan fingerprint density at radius 3 is 2.44 bits per heavy atom. The molecule has 0 bridgehead atoms. The molecule has 0 aliphatic carbocycles. The van der Waals surface area contributed by atoms with Gasteiger partial charge in [-0.15, -0.1) is 0 Å². The third-order valence-electron chi connectivity index (χ3n) is 2.73. The Labute approximate surface area is 115 Å². The van der Waals surface area contributed by atoms with Gasteiger partial charge in [0, 0.05) is 18.8 Å². The second-order valence-electron chi connectivity index (χ2n) is 4.48. The quantitative estimate of drug-likeness (QED) is 0.863. The van der Waals surface area contributed by atoms with E-state index in [4.69, 9.17) is 0 Å². The summed E-state index contributed by atoms with van der Waals surface area (Å²) in [7, 11) is 1.84. The lowest BCUT2D eigenvalue weighted by atomic mass is 10.2. The molecule has 1 atom stereocenters. The Kier molecular flexibility index (Phi) is 5.14. The molecule has 1 aromatic rings. The number of benzene rings is 1. The van der Waals surface area contributed by atoms with Crippen molar-refractivity contribution in [2.75, 3.05) is 17.3 Å². The first-order valence-electron chi connectivity index (χ1n) is 5.80. The maximum Gasteiger partial charge on any atom is 0.237 e. The minimum Gasteiger partial charge on any atom is -0.370 e. The van der Waals surface area contributed by atoms with E-state index in [1.807, 2.05) is 25.8 Å². The van der Waals surface area contributed by atoms with E-state index in [1.54, 1.807) is 19.1 Å². The average molecular weight is 317 g/mol. The molecule has 100 valence electrons. The lowest BCUT2D eigenvalue weighted by molar-refractivity contribution is -0.115. The minimum absolute atomic E-state index is 0.195. The van der Waals surface area contributed by atoms with Gasteiger partial charge in [-0.3, -0.25) is 4.79 Å². The number of hydrogen-bond acceptors (Lipinski definition) is 2. The van der Waals surface area contributed by atoms with E-state index in [-0.39, 0.29) is 22.6 Å². The van der Waals surface area contributed by atoms with E-state index < -0.39 is 0 Å². The SMILES string of the molecule is CC(Br)C(=O)Nc1ccc(N(C)C(C)C)c(F)c1. The largest absolute Gasteiger partial charge is 0.370 e. The molecule has 0 aromatic heterocycles. The maximum absolute atomic E-state index is 13.9. The van der Waals surface area contributed by atoms with Crippen LogP contribution in [0.2, 0.25) is 0 Å². The van der Waals surface area contributed by atoms with Gasteiger partial charge in [0.15, 0.2) is 0 Å². The number of alkyl halides is 1. The van der Waals surface area contributed by atoms with Crippen LogP contribution in [-0.2, 0) is 4.79 Å². The molecule has 0 heterocycles. The van der Waals surface area contributed by atoms with Gasteiger partial charge in [-0.1, -0.05) is 15.9 Å². The standard InChI is InChI=1S/C13H18BrFN2O/c1-8(2)17(4)12-6-5-10(7-11(12)15)16-13(18)9(3)14/h5-9H,1-4H3,(H,16,18). The number of carbonyl (C=O) groups is 1. The average Bonchev–Trinajstić information content (AvgIpc) is 2.28. The summed E-state index contributed by atoms with van der Waals surface area (Å²) in [4.78, 5) is 13.0. The molecule has 0 fully saturated rings. The van der Waals surface area contributed by atoms with Crippen LogP contribution in [0.15, 0.2) is 18.2 Å². The summed E-state index contributed by atoms with van der Waals surface area (Å²) in [5, 5.41) is 2.63. The molecule has 0 spiro atoms. The number of anilines is 2. The highest BCUT2D eigenvalue weighted by molar-refractivity contribution is 9.10. The van der Waals surface area contributed by atoms with E-state index in [2.05, 4.69) is 21.2 Å². The minimum atomic E-state index is -0.341. The topological polar surface area (TPSA) is 32.3 Å². The van der Waals surface area contributed by atoms with Crippen molar-refractivity contribution in [3.8, 4) is 0 Å². The lowest BCUT2D eigenvalue weighted by Crippen LogP contribution is -2.26. The molecule has 0 saturated carbocycles. The molecule has 1 amide bonds. The molecule has 0 saturated heterocycles. The zero-order valence-corrected chi connectivity index (χ0v) is 12.6. The van der Waals surface area contributed by atoms with Gasteiger partial charge < -0.3 is 10.2 Å². The van der Waals surface area contributed by atoms with Gasteiger partial charge in [-0.05, 0) is 39.0 Å². The summed E-state index contributed by atoms with van der Waals surface area (Å²) in [6.07, 6.45) is 0. The number of nitrogens with zero attached hydrogens (tertiary/aromatic N) is 1. The number of amides is 1. The van der Waals surface area contributed by atoms with Gasteiger partial charge in [0.05, 0.1) is 10.5 Å². The first kappa shape index (κ1) is 15.0. The van der Waals surface area contributed by atoms with Crippen LogP contribution in [0, 0.1) is 5.82 Å².